The van der Waals surface area contributed by atoms with Crippen LogP contribution in [0.3, 0.4) is 0 Å². The number of fused-ring (bicyclic) bond motifs is 1. The Morgan fingerprint density at radius 1 is 1.22 bits per heavy atom. The van der Waals surface area contributed by atoms with Gasteiger partial charge in [-0.15, -0.1) is 11.3 Å². The topological polar surface area (TPSA) is 50.7 Å². The van der Waals surface area contributed by atoms with E-state index in [2.05, 4.69) is 10.5 Å². The third-order valence-electron chi connectivity index (χ3n) is 3.36. The first-order valence-electron chi connectivity index (χ1n) is 7.20. The Morgan fingerprint density at radius 3 is 2.83 bits per heavy atom. The van der Waals surface area contributed by atoms with Crippen molar-refractivity contribution >= 4 is 34.2 Å². The molecule has 0 fully saturated rings. The minimum atomic E-state index is -0.288. The fourth-order valence-corrected chi connectivity index (χ4v) is 2.90. The van der Waals surface area contributed by atoms with Gasteiger partial charge in [0.2, 0.25) is 0 Å². The molecule has 0 radical (unpaired) electrons. The molecular weight excluding hydrogens is 308 g/mol. The zero-order chi connectivity index (χ0) is 16.1. The van der Waals surface area contributed by atoms with Crippen molar-refractivity contribution in [2.45, 2.75) is 6.92 Å². The minimum Gasteiger partial charge on any atom is -0.484 e. The summed E-state index contributed by atoms with van der Waals surface area (Å²) >= 11 is 1.58. The standard InChI is InChI=1S/C18H16N2O2S/c1-13-8-9-23-17(13)11-19-20-18(21)12-22-16-7-6-14-4-2-3-5-15(14)10-16/h2-11H,12H2,1H3,(H,20,21)/b19-11-. The van der Waals surface area contributed by atoms with Crippen LogP contribution in [0.25, 0.3) is 10.8 Å². The van der Waals surface area contributed by atoms with E-state index in [-0.39, 0.29) is 12.5 Å². The van der Waals surface area contributed by atoms with E-state index < -0.39 is 0 Å². The number of nitrogens with one attached hydrogen (secondary N) is 1. The van der Waals surface area contributed by atoms with Gasteiger partial charge in [0.05, 0.1) is 6.21 Å². The summed E-state index contributed by atoms with van der Waals surface area (Å²) in [4.78, 5) is 12.8. The molecular formula is C18H16N2O2S. The van der Waals surface area contributed by atoms with Crippen LogP contribution in [0.5, 0.6) is 5.75 Å². The normalized spacial score (nSPS) is 11.0. The van der Waals surface area contributed by atoms with Crippen LogP contribution in [0.4, 0.5) is 0 Å². The van der Waals surface area contributed by atoms with Crippen LogP contribution < -0.4 is 10.2 Å². The highest BCUT2D eigenvalue weighted by Gasteiger charge is 2.03. The quantitative estimate of drug-likeness (QED) is 0.574. The third kappa shape index (κ3) is 3.96. The van der Waals surface area contributed by atoms with E-state index in [1.807, 2.05) is 60.8 Å². The van der Waals surface area contributed by atoms with Crippen molar-refractivity contribution in [3.8, 4) is 5.75 Å². The van der Waals surface area contributed by atoms with Gasteiger partial charge in [0.1, 0.15) is 5.75 Å². The van der Waals surface area contributed by atoms with E-state index in [1.54, 1.807) is 17.6 Å². The van der Waals surface area contributed by atoms with E-state index in [9.17, 15) is 4.79 Å². The molecule has 4 nitrogen and oxygen atoms in total. The molecule has 0 spiro atoms. The molecule has 2 aromatic carbocycles. The molecule has 3 rings (SSSR count). The second-order valence-electron chi connectivity index (χ2n) is 5.06. The first-order chi connectivity index (χ1) is 11.2. The Bertz CT molecular complexity index is 855. The molecule has 0 saturated heterocycles. The van der Waals surface area contributed by atoms with E-state index in [0.717, 1.165) is 21.2 Å². The van der Waals surface area contributed by atoms with Crippen molar-refractivity contribution in [2.75, 3.05) is 6.61 Å². The summed E-state index contributed by atoms with van der Waals surface area (Å²) in [5, 5.41) is 8.15. The largest absolute Gasteiger partial charge is 0.484 e. The van der Waals surface area contributed by atoms with Crippen molar-refractivity contribution in [3.63, 3.8) is 0 Å². The molecule has 0 saturated carbocycles. The maximum atomic E-state index is 11.7. The van der Waals surface area contributed by atoms with Gasteiger partial charge in [0, 0.05) is 4.88 Å². The summed E-state index contributed by atoms with van der Waals surface area (Å²) in [6, 6.07) is 15.8. The molecule has 0 bridgehead atoms. The summed E-state index contributed by atoms with van der Waals surface area (Å²) in [6.07, 6.45) is 1.65. The molecule has 1 amide bonds. The number of amides is 1. The van der Waals surface area contributed by atoms with E-state index in [4.69, 9.17) is 4.74 Å². The molecule has 23 heavy (non-hydrogen) atoms. The zero-order valence-corrected chi connectivity index (χ0v) is 13.5. The van der Waals surface area contributed by atoms with Gasteiger partial charge in [0.15, 0.2) is 6.61 Å². The van der Waals surface area contributed by atoms with Crippen LogP contribution in [-0.4, -0.2) is 18.7 Å². The molecule has 0 unspecified atom stereocenters. The second-order valence-corrected chi connectivity index (χ2v) is 6.01. The van der Waals surface area contributed by atoms with Crippen LogP contribution >= 0.6 is 11.3 Å². The lowest BCUT2D eigenvalue weighted by Gasteiger charge is -2.06. The van der Waals surface area contributed by atoms with Crippen LogP contribution in [0, 0.1) is 6.92 Å². The number of ether oxygens (including phenoxy) is 1. The van der Waals surface area contributed by atoms with Gasteiger partial charge < -0.3 is 4.74 Å². The lowest BCUT2D eigenvalue weighted by atomic mass is 10.1. The Kier molecular flexibility index (Phi) is 4.68. The van der Waals surface area contributed by atoms with Gasteiger partial charge in [0.25, 0.3) is 5.91 Å². The summed E-state index contributed by atoms with van der Waals surface area (Å²) in [5.41, 5.74) is 3.61. The highest BCUT2D eigenvalue weighted by molar-refractivity contribution is 7.11. The predicted octanol–water partition coefficient (Wildman–Crippen LogP) is 3.74. The van der Waals surface area contributed by atoms with Crippen molar-refractivity contribution in [2.24, 2.45) is 5.10 Å². The molecule has 1 aromatic heterocycles. The molecule has 1 heterocycles. The Hall–Kier alpha value is -2.66. The van der Waals surface area contributed by atoms with Crippen LogP contribution in [0.15, 0.2) is 59.0 Å². The summed E-state index contributed by atoms with van der Waals surface area (Å²) < 4.78 is 5.50. The van der Waals surface area contributed by atoms with Gasteiger partial charge in [-0.1, -0.05) is 30.3 Å². The summed E-state index contributed by atoms with van der Waals surface area (Å²) in [7, 11) is 0. The predicted molar refractivity (Wildman–Crippen MR) is 94.2 cm³/mol. The number of rotatable bonds is 5. The van der Waals surface area contributed by atoms with Crippen molar-refractivity contribution in [1.29, 1.82) is 0 Å². The number of hydrogen-bond donors (Lipinski definition) is 1. The summed E-state index contributed by atoms with van der Waals surface area (Å²) in [5.74, 6) is 0.376. The van der Waals surface area contributed by atoms with Gasteiger partial charge in [-0.05, 0) is 46.8 Å². The Balaban J connectivity index is 1.53. The summed E-state index contributed by atoms with van der Waals surface area (Å²) in [6.45, 7) is 1.93. The van der Waals surface area contributed by atoms with Crippen LogP contribution in [-0.2, 0) is 4.79 Å². The molecule has 1 N–H and O–H groups in total. The van der Waals surface area contributed by atoms with Gasteiger partial charge in [-0.3, -0.25) is 4.79 Å². The van der Waals surface area contributed by atoms with Gasteiger partial charge in [-0.25, -0.2) is 5.43 Å². The van der Waals surface area contributed by atoms with Gasteiger partial charge >= 0.3 is 0 Å². The second kappa shape index (κ2) is 7.07. The van der Waals surface area contributed by atoms with E-state index >= 15 is 0 Å². The monoisotopic (exact) mass is 324 g/mol. The number of benzene rings is 2. The first-order valence-corrected chi connectivity index (χ1v) is 8.08. The minimum absolute atomic E-state index is 0.0703. The number of nitrogens with zero attached hydrogens (tertiary/aromatic N) is 1. The van der Waals surface area contributed by atoms with Crippen molar-refractivity contribution in [3.05, 3.63) is 64.4 Å². The van der Waals surface area contributed by atoms with Crippen molar-refractivity contribution < 1.29 is 9.53 Å². The number of thiophene rings is 1. The lowest BCUT2D eigenvalue weighted by Crippen LogP contribution is -2.24. The number of carbonyl (C=O) groups excluding carboxylic acids is 1. The smallest absolute Gasteiger partial charge is 0.277 e. The fourth-order valence-electron chi connectivity index (χ4n) is 2.12. The number of hydrogen-bond acceptors (Lipinski definition) is 4. The van der Waals surface area contributed by atoms with E-state index in [1.165, 1.54) is 0 Å². The average molecular weight is 324 g/mol. The molecule has 0 atom stereocenters. The van der Waals surface area contributed by atoms with Crippen molar-refractivity contribution in [1.82, 2.24) is 5.43 Å². The highest BCUT2D eigenvalue weighted by atomic mass is 32.1. The average Bonchev–Trinajstić information content (AvgIpc) is 2.98. The molecule has 0 aliphatic carbocycles. The SMILES string of the molecule is Cc1ccsc1/C=N\NC(=O)COc1ccc2ccccc2c1. The lowest BCUT2D eigenvalue weighted by molar-refractivity contribution is -0.123. The van der Waals surface area contributed by atoms with Crippen LogP contribution in [0.2, 0.25) is 0 Å². The first kappa shape index (κ1) is 15.2. The Morgan fingerprint density at radius 2 is 2.04 bits per heavy atom. The maximum Gasteiger partial charge on any atom is 0.277 e. The molecule has 5 heteroatoms. The maximum absolute atomic E-state index is 11.7. The Labute approximate surface area is 138 Å². The highest BCUT2D eigenvalue weighted by Crippen LogP contribution is 2.20. The third-order valence-corrected chi connectivity index (χ3v) is 4.32. The number of aryl methyl sites for hydroxylation is 1. The van der Waals surface area contributed by atoms with Crippen LogP contribution in [0.1, 0.15) is 10.4 Å². The fraction of sp³-hybridized carbons (Fsp3) is 0.111. The molecule has 0 aliphatic heterocycles. The molecule has 0 aliphatic rings. The molecule has 3 aromatic rings. The molecule has 116 valence electrons. The number of hydrazone groups is 1. The zero-order valence-electron chi connectivity index (χ0n) is 12.7. The van der Waals surface area contributed by atoms with E-state index in [0.29, 0.717) is 5.75 Å². The van der Waals surface area contributed by atoms with Gasteiger partial charge in [-0.2, -0.15) is 5.10 Å². The number of carbonyl (C=O) groups is 1.